The Bertz CT molecular complexity index is 696. The van der Waals surface area contributed by atoms with Gasteiger partial charge in [-0.1, -0.05) is 0 Å². The monoisotopic (exact) mass is 508 g/mol. The maximum atomic E-state index is 11.5. The number of alkyl carbamates (subject to hydrolysis) is 1. The van der Waals surface area contributed by atoms with E-state index < -0.39 is 59.7 Å². The second kappa shape index (κ2) is 17.5. The largest absolute Gasteiger partial charge is 0.480 e. The van der Waals surface area contributed by atoms with Crippen molar-refractivity contribution in [2.75, 3.05) is 14.1 Å². The summed E-state index contributed by atoms with van der Waals surface area (Å²) in [5.41, 5.74) is 4.54. The molecule has 0 aromatic rings. The Morgan fingerprint density at radius 2 is 1.09 bits per heavy atom. The van der Waals surface area contributed by atoms with Crippen LogP contribution in [0.2, 0.25) is 0 Å². The van der Waals surface area contributed by atoms with Crippen LogP contribution in [0.15, 0.2) is 0 Å². The summed E-state index contributed by atoms with van der Waals surface area (Å²) in [5, 5.41) is 42.5. The van der Waals surface area contributed by atoms with Gasteiger partial charge in [-0.05, 0) is 73.4 Å². The standard InChI is InChI=1S/C13H24N2O6.C8H16N2O4/c1-13(2,3)21-12(20)15-9(11(18)19)7-5-6-8(14-4)10(16)17;1-10-6(8(13)14)4-2-3-5(9)7(11)12/h8-9,14H,5-7H2,1-4H3,(H,15,20)(H,16,17)(H,18,19);5-6,10H,2-4,9H2,1H3,(H,11,12)(H,13,14). The fraction of sp³-hybridized carbons (Fsp3) is 0.762. The molecule has 14 heteroatoms. The summed E-state index contributed by atoms with van der Waals surface area (Å²) in [6, 6.07) is -3.37. The number of carboxylic acid groups (broad SMARTS) is 4. The zero-order valence-corrected chi connectivity index (χ0v) is 20.9. The Kier molecular flexibility index (Phi) is 17.1. The van der Waals surface area contributed by atoms with E-state index in [0.717, 1.165) is 0 Å². The van der Waals surface area contributed by atoms with E-state index in [1.165, 1.54) is 7.05 Å². The maximum Gasteiger partial charge on any atom is 0.408 e. The van der Waals surface area contributed by atoms with Crippen molar-refractivity contribution in [1.82, 2.24) is 16.0 Å². The van der Waals surface area contributed by atoms with Gasteiger partial charge in [0.05, 0.1) is 0 Å². The Labute approximate surface area is 204 Å². The van der Waals surface area contributed by atoms with E-state index in [0.29, 0.717) is 25.7 Å². The highest BCUT2D eigenvalue weighted by atomic mass is 16.6. The number of nitrogens with two attached hydrogens (primary N) is 1. The van der Waals surface area contributed by atoms with Crippen LogP contribution in [-0.4, -0.2) is 94.3 Å². The minimum Gasteiger partial charge on any atom is -0.480 e. The van der Waals surface area contributed by atoms with E-state index >= 15 is 0 Å². The number of carbonyl (C=O) groups excluding carboxylic acids is 1. The molecule has 9 N–H and O–H groups in total. The highest BCUT2D eigenvalue weighted by Crippen LogP contribution is 2.09. The molecule has 1 amide bonds. The molecule has 0 bridgehead atoms. The molecule has 0 rings (SSSR count). The van der Waals surface area contributed by atoms with E-state index in [1.54, 1.807) is 27.8 Å². The van der Waals surface area contributed by atoms with Crippen LogP contribution in [0.1, 0.15) is 59.3 Å². The molecule has 0 heterocycles. The number of hydrogen-bond acceptors (Lipinski definition) is 9. The molecule has 0 fully saturated rings. The van der Waals surface area contributed by atoms with Crippen LogP contribution >= 0.6 is 0 Å². The first kappa shape index (κ1) is 34.2. The summed E-state index contributed by atoms with van der Waals surface area (Å²) >= 11 is 0. The minimum absolute atomic E-state index is 0.125. The summed E-state index contributed by atoms with van der Waals surface area (Å²) in [6.07, 6.45) is 1.08. The van der Waals surface area contributed by atoms with Gasteiger partial charge in [-0.25, -0.2) is 9.59 Å². The van der Waals surface area contributed by atoms with Crippen molar-refractivity contribution >= 4 is 30.0 Å². The number of aliphatic carboxylic acids is 4. The van der Waals surface area contributed by atoms with E-state index in [1.807, 2.05) is 0 Å². The van der Waals surface area contributed by atoms with Gasteiger partial charge in [-0.15, -0.1) is 0 Å². The van der Waals surface area contributed by atoms with Gasteiger partial charge < -0.3 is 46.8 Å². The molecule has 35 heavy (non-hydrogen) atoms. The normalized spacial score (nSPS) is 14.3. The molecule has 0 spiro atoms. The van der Waals surface area contributed by atoms with Crippen LogP contribution < -0.4 is 21.7 Å². The first-order valence-corrected chi connectivity index (χ1v) is 11.1. The Morgan fingerprint density at radius 3 is 1.40 bits per heavy atom. The lowest BCUT2D eigenvalue weighted by atomic mass is 10.1. The third kappa shape index (κ3) is 18.1. The second-order valence-electron chi connectivity index (χ2n) is 8.70. The summed E-state index contributed by atoms with van der Waals surface area (Å²) < 4.78 is 4.99. The van der Waals surface area contributed by atoms with Gasteiger partial charge in [0.1, 0.15) is 29.8 Å². The first-order valence-electron chi connectivity index (χ1n) is 11.1. The summed E-state index contributed by atoms with van der Waals surface area (Å²) in [4.78, 5) is 54.3. The predicted molar refractivity (Wildman–Crippen MR) is 125 cm³/mol. The van der Waals surface area contributed by atoms with Crippen molar-refractivity contribution in [3.8, 4) is 0 Å². The average molecular weight is 509 g/mol. The van der Waals surface area contributed by atoms with E-state index in [-0.39, 0.29) is 12.8 Å². The smallest absolute Gasteiger partial charge is 0.408 e. The lowest BCUT2D eigenvalue weighted by Crippen LogP contribution is -2.43. The molecule has 0 saturated heterocycles. The summed E-state index contributed by atoms with van der Waals surface area (Å²) in [6.45, 7) is 5.02. The minimum atomic E-state index is -1.18. The molecule has 0 radical (unpaired) electrons. The lowest BCUT2D eigenvalue weighted by molar-refractivity contribution is -0.141. The fourth-order valence-corrected chi connectivity index (χ4v) is 2.68. The van der Waals surface area contributed by atoms with Crippen molar-refractivity contribution in [3.63, 3.8) is 0 Å². The van der Waals surface area contributed by atoms with Crippen LogP contribution in [0.4, 0.5) is 4.79 Å². The molecule has 0 aliphatic carbocycles. The van der Waals surface area contributed by atoms with Crippen molar-refractivity contribution in [2.24, 2.45) is 5.73 Å². The van der Waals surface area contributed by atoms with Crippen molar-refractivity contribution < 1.29 is 49.1 Å². The van der Waals surface area contributed by atoms with Gasteiger partial charge in [0.2, 0.25) is 0 Å². The lowest BCUT2D eigenvalue weighted by Gasteiger charge is -2.22. The number of likely N-dealkylation sites (N-methyl/N-ethyl adjacent to an activating group) is 2. The number of hydrogen-bond donors (Lipinski definition) is 8. The second-order valence-corrected chi connectivity index (χ2v) is 8.70. The van der Waals surface area contributed by atoms with Crippen LogP contribution in [0.5, 0.6) is 0 Å². The van der Waals surface area contributed by atoms with Gasteiger partial charge in [-0.3, -0.25) is 14.4 Å². The van der Waals surface area contributed by atoms with Crippen LogP contribution in [0, 0.1) is 0 Å². The quantitative estimate of drug-likeness (QED) is 0.146. The van der Waals surface area contributed by atoms with Gasteiger partial charge >= 0.3 is 30.0 Å². The number of carboxylic acids is 4. The number of carbonyl (C=O) groups is 5. The number of ether oxygens (including phenoxy) is 1. The van der Waals surface area contributed by atoms with Crippen LogP contribution in [0.3, 0.4) is 0 Å². The molecule has 0 aliphatic rings. The van der Waals surface area contributed by atoms with Crippen LogP contribution in [-0.2, 0) is 23.9 Å². The average Bonchev–Trinajstić information content (AvgIpc) is 2.71. The predicted octanol–water partition coefficient (Wildman–Crippen LogP) is 0.0484. The molecule has 4 unspecified atom stereocenters. The van der Waals surface area contributed by atoms with E-state index in [2.05, 4.69) is 16.0 Å². The number of amides is 1. The van der Waals surface area contributed by atoms with Gasteiger partial charge in [0, 0.05) is 0 Å². The fourth-order valence-electron chi connectivity index (χ4n) is 2.68. The third-order valence-corrected chi connectivity index (χ3v) is 4.59. The maximum absolute atomic E-state index is 11.5. The highest BCUT2D eigenvalue weighted by molar-refractivity contribution is 5.80. The number of rotatable bonds is 15. The topological polar surface area (TPSA) is 238 Å². The molecule has 0 aromatic carbocycles. The molecule has 0 aromatic heterocycles. The first-order chi connectivity index (χ1) is 16.0. The molecule has 0 saturated carbocycles. The molecular weight excluding hydrogens is 468 g/mol. The van der Waals surface area contributed by atoms with Crippen molar-refractivity contribution in [3.05, 3.63) is 0 Å². The van der Waals surface area contributed by atoms with Crippen molar-refractivity contribution in [2.45, 2.75) is 89.1 Å². The van der Waals surface area contributed by atoms with Crippen LogP contribution in [0.25, 0.3) is 0 Å². The molecule has 14 nitrogen and oxygen atoms in total. The molecule has 4 atom stereocenters. The molecule has 0 aliphatic heterocycles. The van der Waals surface area contributed by atoms with Gasteiger partial charge in [0.15, 0.2) is 0 Å². The zero-order valence-electron chi connectivity index (χ0n) is 20.9. The Hall–Kier alpha value is -2.97. The molecular formula is C21H40N4O10. The van der Waals surface area contributed by atoms with Gasteiger partial charge in [0.25, 0.3) is 0 Å². The number of nitrogens with one attached hydrogen (secondary N) is 3. The summed E-state index contributed by atoms with van der Waals surface area (Å²) in [7, 11) is 3.07. The third-order valence-electron chi connectivity index (χ3n) is 4.59. The Balaban J connectivity index is 0. The Morgan fingerprint density at radius 1 is 0.714 bits per heavy atom. The SMILES string of the molecule is CNC(CCCC(N)C(=O)O)C(=O)O.CNC(CCCC(NC(=O)OC(C)(C)C)C(=O)O)C(=O)O. The van der Waals surface area contributed by atoms with Crippen molar-refractivity contribution in [1.29, 1.82) is 0 Å². The summed E-state index contributed by atoms with van der Waals surface area (Å²) in [5.74, 6) is -4.17. The van der Waals surface area contributed by atoms with E-state index in [9.17, 15) is 24.0 Å². The highest BCUT2D eigenvalue weighted by Gasteiger charge is 2.24. The van der Waals surface area contributed by atoms with E-state index in [4.69, 9.17) is 30.9 Å². The van der Waals surface area contributed by atoms with Gasteiger partial charge in [-0.2, -0.15) is 0 Å². The molecule has 204 valence electrons. The zero-order chi connectivity index (χ0) is 27.8.